The molecule has 0 saturated heterocycles. The molecule has 0 radical (unpaired) electrons. The number of carbonyl (C=O) groups is 1. The van der Waals surface area contributed by atoms with Crippen molar-refractivity contribution < 1.29 is 18.7 Å². The largest absolute Gasteiger partial charge is 0.480 e. The van der Waals surface area contributed by atoms with Crippen molar-refractivity contribution >= 4 is 5.78 Å². The molecule has 5 nitrogen and oxygen atoms in total. The lowest BCUT2D eigenvalue weighted by molar-refractivity contribution is 0.102. The number of hydrogen-bond donors (Lipinski definition) is 0. The second-order valence-electron chi connectivity index (χ2n) is 4.06. The van der Waals surface area contributed by atoms with Gasteiger partial charge in [-0.15, -0.1) is 0 Å². The van der Waals surface area contributed by atoms with Crippen LogP contribution in [0.25, 0.3) is 0 Å². The second kappa shape index (κ2) is 5.64. The topological polar surface area (TPSA) is 61.3 Å². The predicted octanol–water partition coefficient (Wildman–Crippen LogP) is 2.17. The molecule has 2 aromatic rings. The molecular formula is C14H13FN2O3. The van der Waals surface area contributed by atoms with Crippen LogP contribution in [-0.2, 0) is 0 Å². The lowest BCUT2D eigenvalue weighted by Gasteiger charge is -2.08. The van der Waals surface area contributed by atoms with Crippen molar-refractivity contribution in [3.63, 3.8) is 0 Å². The summed E-state index contributed by atoms with van der Waals surface area (Å²) in [5.74, 6) is -0.464. The zero-order chi connectivity index (χ0) is 14.7. The number of methoxy groups -OCH3 is 2. The van der Waals surface area contributed by atoms with Crippen LogP contribution in [0, 0.1) is 12.7 Å². The Morgan fingerprint density at radius 1 is 1.25 bits per heavy atom. The highest BCUT2D eigenvalue weighted by Gasteiger charge is 2.20. The van der Waals surface area contributed by atoms with Crippen LogP contribution in [0.2, 0.25) is 0 Å². The van der Waals surface area contributed by atoms with E-state index in [9.17, 15) is 9.18 Å². The Morgan fingerprint density at radius 3 is 2.60 bits per heavy atom. The van der Waals surface area contributed by atoms with E-state index < -0.39 is 5.82 Å². The fraction of sp³-hybridized carbons (Fsp3) is 0.214. The molecule has 1 aromatic carbocycles. The number of aryl methyl sites for hydroxylation is 1. The van der Waals surface area contributed by atoms with Gasteiger partial charge in [-0.2, -0.15) is 4.98 Å². The highest BCUT2D eigenvalue weighted by molar-refractivity contribution is 6.09. The molecule has 104 valence electrons. The smallest absolute Gasteiger partial charge is 0.247 e. The van der Waals surface area contributed by atoms with Crippen molar-refractivity contribution in [1.29, 1.82) is 0 Å². The number of halogens is 1. The molecule has 0 fully saturated rings. The van der Waals surface area contributed by atoms with Crippen molar-refractivity contribution in [3.8, 4) is 11.8 Å². The van der Waals surface area contributed by atoms with Crippen molar-refractivity contribution in [3.05, 3.63) is 47.0 Å². The van der Waals surface area contributed by atoms with Gasteiger partial charge in [0, 0.05) is 5.56 Å². The zero-order valence-corrected chi connectivity index (χ0v) is 11.3. The van der Waals surface area contributed by atoms with Crippen LogP contribution < -0.4 is 9.47 Å². The van der Waals surface area contributed by atoms with E-state index in [4.69, 9.17) is 9.47 Å². The van der Waals surface area contributed by atoms with Crippen LogP contribution in [0.15, 0.2) is 24.4 Å². The van der Waals surface area contributed by atoms with E-state index in [0.29, 0.717) is 11.1 Å². The summed E-state index contributed by atoms with van der Waals surface area (Å²) < 4.78 is 23.0. The summed E-state index contributed by atoms with van der Waals surface area (Å²) in [6, 6.07) is 3.93. The summed E-state index contributed by atoms with van der Waals surface area (Å²) in [5, 5.41) is 0. The van der Waals surface area contributed by atoms with E-state index in [2.05, 4.69) is 9.97 Å². The fourth-order valence-corrected chi connectivity index (χ4v) is 1.76. The minimum absolute atomic E-state index is 0.0583. The van der Waals surface area contributed by atoms with Gasteiger partial charge in [0.25, 0.3) is 0 Å². The molecule has 20 heavy (non-hydrogen) atoms. The van der Waals surface area contributed by atoms with Crippen LogP contribution >= 0.6 is 0 Å². The number of aromatic nitrogens is 2. The SMILES string of the molecule is COc1cnc(C(=O)c2ccc(F)cc2C)c(OC)n1. The Kier molecular flexibility index (Phi) is 3.93. The molecule has 2 rings (SSSR count). The van der Waals surface area contributed by atoms with Crippen molar-refractivity contribution in [2.45, 2.75) is 6.92 Å². The standard InChI is InChI=1S/C14H13FN2O3/c1-8-6-9(15)4-5-10(8)13(18)12-14(20-3)17-11(19-2)7-16-12/h4-7H,1-3H3. The minimum atomic E-state index is -0.396. The van der Waals surface area contributed by atoms with Crippen LogP contribution in [0.4, 0.5) is 4.39 Å². The maximum absolute atomic E-state index is 13.1. The van der Waals surface area contributed by atoms with Gasteiger partial charge >= 0.3 is 0 Å². The molecule has 0 spiro atoms. The molecule has 0 unspecified atom stereocenters. The lowest BCUT2D eigenvalue weighted by Crippen LogP contribution is -2.10. The summed E-state index contributed by atoms with van der Waals surface area (Å²) in [6.45, 7) is 1.65. The van der Waals surface area contributed by atoms with Crippen LogP contribution in [-0.4, -0.2) is 30.0 Å². The third kappa shape index (κ3) is 2.59. The number of carbonyl (C=O) groups excluding carboxylic acids is 1. The molecule has 0 saturated carbocycles. The van der Waals surface area contributed by atoms with Gasteiger partial charge in [-0.05, 0) is 30.7 Å². The van der Waals surface area contributed by atoms with E-state index in [0.717, 1.165) is 0 Å². The molecule has 0 amide bonds. The first kappa shape index (κ1) is 13.9. The van der Waals surface area contributed by atoms with Gasteiger partial charge in [-0.1, -0.05) is 0 Å². The van der Waals surface area contributed by atoms with Gasteiger partial charge in [-0.3, -0.25) is 4.79 Å². The molecule has 0 aliphatic carbocycles. The Bertz CT molecular complexity index is 659. The average Bonchev–Trinajstić information content (AvgIpc) is 2.46. The summed E-state index contributed by atoms with van der Waals surface area (Å²) in [5.41, 5.74) is 0.932. The molecule has 1 heterocycles. The van der Waals surface area contributed by atoms with E-state index in [1.807, 2.05) is 0 Å². The summed E-state index contributed by atoms with van der Waals surface area (Å²) >= 11 is 0. The summed E-state index contributed by atoms with van der Waals surface area (Å²) in [7, 11) is 2.83. The zero-order valence-electron chi connectivity index (χ0n) is 11.3. The first-order valence-electron chi connectivity index (χ1n) is 5.82. The van der Waals surface area contributed by atoms with Crippen LogP contribution in [0.1, 0.15) is 21.6 Å². The lowest BCUT2D eigenvalue weighted by atomic mass is 10.0. The van der Waals surface area contributed by atoms with E-state index in [1.165, 1.54) is 38.6 Å². The van der Waals surface area contributed by atoms with E-state index >= 15 is 0 Å². The molecule has 0 aliphatic heterocycles. The van der Waals surface area contributed by atoms with Gasteiger partial charge in [0.2, 0.25) is 17.5 Å². The quantitative estimate of drug-likeness (QED) is 0.801. The number of ketones is 1. The summed E-state index contributed by atoms with van der Waals surface area (Å²) in [6.07, 6.45) is 1.33. The highest BCUT2D eigenvalue weighted by atomic mass is 19.1. The van der Waals surface area contributed by atoms with E-state index in [1.54, 1.807) is 6.92 Å². The number of benzene rings is 1. The van der Waals surface area contributed by atoms with Crippen molar-refractivity contribution in [1.82, 2.24) is 9.97 Å². The Morgan fingerprint density at radius 2 is 2.00 bits per heavy atom. The number of rotatable bonds is 4. The van der Waals surface area contributed by atoms with Gasteiger partial charge in [-0.25, -0.2) is 9.37 Å². The number of ether oxygens (including phenoxy) is 2. The highest BCUT2D eigenvalue weighted by Crippen LogP contribution is 2.22. The monoisotopic (exact) mass is 276 g/mol. The predicted molar refractivity (Wildman–Crippen MR) is 69.7 cm³/mol. The van der Waals surface area contributed by atoms with Crippen LogP contribution in [0.3, 0.4) is 0 Å². The van der Waals surface area contributed by atoms with Crippen LogP contribution in [0.5, 0.6) is 11.8 Å². The number of hydrogen-bond acceptors (Lipinski definition) is 5. The van der Waals surface area contributed by atoms with Gasteiger partial charge in [0.15, 0.2) is 5.69 Å². The van der Waals surface area contributed by atoms with Crippen molar-refractivity contribution in [2.75, 3.05) is 14.2 Å². The van der Waals surface area contributed by atoms with Gasteiger partial charge in [0.1, 0.15) is 5.82 Å². The maximum atomic E-state index is 13.1. The van der Waals surface area contributed by atoms with E-state index in [-0.39, 0.29) is 23.2 Å². The first-order valence-corrected chi connectivity index (χ1v) is 5.82. The molecule has 1 aromatic heterocycles. The minimum Gasteiger partial charge on any atom is -0.480 e. The molecule has 0 atom stereocenters. The Hall–Kier alpha value is -2.50. The molecule has 6 heteroatoms. The normalized spacial score (nSPS) is 10.2. The second-order valence-corrected chi connectivity index (χ2v) is 4.06. The van der Waals surface area contributed by atoms with Gasteiger partial charge < -0.3 is 9.47 Å². The number of nitrogens with zero attached hydrogens (tertiary/aromatic N) is 2. The Balaban J connectivity index is 2.47. The fourth-order valence-electron chi connectivity index (χ4n) is 1.76. The average molecular weight is 276 g/mol. The molecule has 0 bridgehead atoms. The maximum Gasteiger partial charge on any atom is 0.247 e. The summed E-state index contributed by atoms with van der Waals surface area (Å²) in [4.78, 5) is 20.4. The Labute approximate surface area is 115 Å². The van der Waals surface area contributed by atoms with Gasteiger partial charge in [0.05, 0.1) is 20.4 Å². The molecule has 0 aliphatic rings. The molecule has 0 N–H and O–H groups in total. The first-order chi connectivity index (χ1) is 9.56. The third-order valence-electron chi connectivity index (χ3n) is 2.77. The molecular weight excluding hydrogens is 263 g/mol. The van der Waals surface area contributed by atoms with Crippen molar-refractivity contribution in [2.24, 2.45) is 0 Å². The third-order valence-corrected chi connectivity index (χ3v) is 2.77.